The van der Waals surface area contributed by atoms with Crippen molar-refractivity contribution in [3.05, 3.63) is 81.4 Å². The van der Waals surface area contributed by atoms with E-state index in [1.165, 1.54) is 25.6 Å². The summed E-state index contributed by atoms with van der Waals surface area (Å²) < 4.78 is 0. The van der Waals surface area contributed by atoms with Gasteiger partial charge in [-0.1, -0.05) is 29.6 Å². The molecule has 3 aromatic rings. The Kier molecular flexibility index (Phi) is 9.16. The van der Waals surface area contributed by atoms with Crippen molar-refractivity contribution in [2.24, 2.45) is 0 Å². The summed E-state index contributed by atoms with van der Waals surface area (Å²) in [5, 5.41) is 9.35. The lowest BCUT2D eigenvalue weighted by Crippen LogP contribution is -2.38. The van der Waals surface area contributed by atoms with E-state index >= 15 is 0 Å². The number of H-pyrrole nitrogens is 1. The summed E-state index contributed by atoms with van der Waals surface area (Å²) in [7, 11) is 0. The summed E-state index contributed by atoms with van der Waals surface area (Å²) in [6, 6.07) is 11.5. The zero-order valence-corrected chi connectivity index (χ0v) is 21.7. The van der Waals surface area contributed by atoms with E-state index in [1.54, 1.807) is 42.5 Å². The van der Waals surface area contributed by atoms with Crippen LogP contribution in [-0.2, 0) is 6.54 Å². The Morgan fingerprint density at radius 3 is 2.30 bits per heavy atom. The molecule has 0 unspecified atom stereocenters. The van der Waals surface area contributed by atoms with Crippen molar-refractivity contribution in [1.29, 1.82) is 0 Å². The Labute approximate surface area is 224 Å². The van der Waals surface area contributed by atoms with Crippen LogP contribution in [0.1, 0.15) is 56.2 Å². The van der Waals surface area contributed by atoms with E-state index in [4.69, 9.17) is 23.2 Å². The van der Waals surface area contributed by atoms with E-state index < -0.39 is 5.91 Å². The number of hydrogen-bond donors (Lipinski definition) is 4. The molecular formula is C26H28Cl2N6O3. The van der Waals surface area contributed by atoms with Crippen LogP contribution in [0, 0.1) is 0 Å². The molecule has 194 valence electrons. The normalized spacial score (nSPS) is 13.7. The third kappa shape index (κ3) is 7.55. The Bertz CT molecular complexity index is 1240. The van der Waals surface area contributed by atoms with Crippen molar-refractivity contribution in [2.75, 3.05) is 31.5 Å². The van der Waals surface area contributed by atoms with Crippen molar-refractivity contribution in [2.45, 2.75) is 25.8 Å². The van der Waals surface area contributed by atoms with Gasteiger partial charge in [-0.3, -0.25) is 14.4 Å². The summed E-state index contributed by atoms with van der Waals surface area (Å²) in [6.45, 7) is 3.62. The van der Waals surface area contributed by atoms with E-state index in [0.717, 1.165) is 25.2 Å². The Balaban J connectivity index is 1.28. The van der Waals surface area contributed by atoms with Gasteiger partial charge in [0.1, 0.15) is 5.69 Å². The molecule has 0 atom stereocenters. The van der Waals surface area contributed by atoms with Crippen LogP contribution in [0.3, 0.4) is 0 Å². The molecule has 4 N–H and O–H groups in total. The number of nitrogens with zero attached hydrogens (tertiary/aromatic N) is 2. The summed E-state index contributed by atoms with van der Waals surface area (Å²) in [4.78, 5) is 47.0. The van der Waals surface area contributed by atoms with Gasteiger partial charge in [0.15, 0.2) is 5.69 Å². The molecule has 1 fully saturated rings. The number of piperidine rings is 1. The molecule has 1 aliphatic heterocycles. The fourth-order valence-corrected chi connectivity index (χ4v) is 4.70. The number of imidazole rings is 1. The second-order valence-electron chi connectivity index (χ2n) is 8.78. The number of likely N-dealkylation sites (tertiary alicyclic amines) is 1. The van der Waals surface area contributed by atoms with Crippen LogP contribution in [0.4, 0.5) is 5.69 Å². The highest BCUT2D eigenvalue weighted by Gasteiger charge is 2.21. The van der Waals surface area contributed by atoms with Gasteiger partial charge in [-0.05, 0) is 74.0 Å². The minimum atomic E-state index is -0.530. The SMILES string of the molecule is O=C(NCc1cc(Cl)cc(Cl)c1)c1ccc(NC(=O)c2nc[nH]c2C(=O)NCCN2CCCCC2)cc1. The van der Waals surface area contributed by atoms with Crippen molar-refractivity contribution in [3.63, 3.8) is 0 Å². The van der Waals surface area contributed by atoms with Gasteiger partial charge in [-0.15, -0.1) is 0 Å². The molecule has 4 rings (SSSR count). The molecule has 37 heavy (non-hydrogen) atoms. The number of rotatable bonds is 9. The van der Waals surface area contributed by atoms with Gasteiger partial charge in [-0.25, -0.2) is 4.98 Å². The number of hydrogen-bond acceptors (Lipinski definition) is 5. The van der Waals surface area contributed by atoms with Crippen LogP contribution in [0.2, 0.25) is 10.0 Å². The zero-order chi connectivity index (χ0) is 26.2. The number of aromatic nitrogens is 2. The van der Waals surface area contributed by atoms with Crippen molar-refractivity contribution < 1.29 is 14.4 Å². The second kappa shape index (κ2) is 12.7. The number of nitrogens with one attached hydrogen (secondary N) is 4. The number of anilines is 1. The fraction of sp³-hybridized carbons (Fsp3) is 0.308. The van der Waals surface area contributed by atoms with Gasteiger partial charge in [0.2, 0.25) is 0 Å². The molecule has 0 aliphatic carbocycles. The molecule has 1 aromatic heterocycles. The van der Waals surface area contributed by atoms with Crippen LogP contribution in [0.5, 0.6) is 0 Å². The third-order valence-corrected chi connectivity index (χ3v) is 6.46. The maximum atomic E-state index is 12.8. The Morgan fingerprint density at radius 2 is 1.59 bits per heavy atom. The highest BCUT2D eigenvalue weighted by atomic mass is 35.5. The summed E-state index contributed by atoms with van der Waals surface area (Å²) >= 11 is 12.0. The maximum absolute atomic E-state index is 12.8. The molecule has 0 saturated carbocycles. The summed E-state index contributed by atoms with van der Waals surface area (Å²) in [5.41, 5.74) is 1.76. The molecule has 2 heterocycles. The molecule has 9 nitrogen and oxygen atoms in total. The molecule has 11 heteroatoms. The predicted molar refractivity (Wildman–Crippen MR) is 143 cm³/mol. The van der Waals surface area contributed by atoms with E-state index in [9.17, 15) is 14.4 Å². The van der Waals surface area contributed by atoms with Gasteiger partial charge in [0.05, 0.1) is 6.33 Å². The lowest BCUT2D eigenvalue weighted by molar-refractivity contribution is 0.0928. The van der Waals surface area contributed by atoms with E-state index in [0.29, 0.717) is 27.8 Å². The van der Waals surface area contributed by atoms with Gasteiger partial charge in [0, 0.05) is 40.9 Å². The number of halogens is 2. The first-order valence-electron chi connectivity index (χ1n) is 12.1. The molecule has 0 radical (unpaired) electrons. The van der Waals surface area contributed by atoms with Crippen molar-refractivity contribution in [3.8, 4) is 0 Å². The lowest BCUT2D eigenvalue weighted by atomic mass is 10.1. The first-order chi connectivity index (χ1) is 17.9. The third-order valence-electron chi connectivity index (χ3n) is 6.02. The molecule has 1 aliphatic rings. The lowest BCUT2D eigenvalue weighted by Gasteiger charge is -2.26. The number of aromatic amines is 1. The van der Waals surface area contributed by atoms with Gasteiger partial charge in [0.25, 0.3) is 17.7 Å². The van der Waals surface area contributed by atoms with Gasteiger partial charge in [-0.2, -0.15) is 0 Å². The second-order valence-corrected chi connectivity index (χ2v) is 9.65. The van der Waals surface area contributed by atoms with E-state index in [1.807, 2.05) is 0 Å². The van der Waals surface area contributed by atoms with Crippen LogP contribution >= 0.6 is 23.2 Å². The van der Waals surface area contributed by atoms with Crippen LogP contribution in [0.15, 0.2) is 48.8 Å². The number of carbonyl (C=O) groups is 3. The molecule has 3 amide bonds. The monoisotopic (exact) mass is 542 g/mol. The average Bonchev–Trinajstić information content (AvgIpc) is 3.38. The summed E-state index contributed by atoms with van der Waals surface area (Å²) in [5.74, 6) is -1.20. The van der Waals surface area contributed by atoms with E-state index in [-0.39, 0.29) is 29.7 Å². The number of benzene rings is 2. The Hall–Kier alpha value is -3.40. The molecule has 1 saturated heterocycles. The maximum Gasteiger partial charge on any atom is 0.276 e. The Morgan fingerprint density at radius 1 is 0.892 bits per heavy atom. The molecular weight excluding hydrogens is 515 g/mol. The van der Waals surface area contributed by atoms with E-state index in [2.05, 4.69) is 30.8 Å². The standard InChI is InChI=1S/C26H28Cl2N6O3/c27-19-12-17(13-20(28)14-19)15-30-24(35)18-4-6-21(7-5-18)33-26(37)23-22(31-16-32-23)25(36)29-8-11-34-9-2-1-3-10-34/h4-7,12-14,16H,1-3,8-11,15H2,(H,29,36)(H,30,35)(H,31,32)(H,33,37). The molecule has 2 aromatic carbocycles. The average molecular weight is 543 g/mol. The molecule has 0 spiro atoms. The van der Waals surface area contributed by atoms with Crippen LogP contribution in [-0.4, -0.2) is 58.8 Å². The largest absolute Gasteiger partial charge is 0.349 e. The smallest absolute Gasteiger partial charge is 0.276 e. The number of amides is 3. The summed E-state index contributed by atoms with van der Waals surface area (Å²) in [6.07, 6.45) is 4.94. The fourth-order valence-electron chi connectivity index (χ4n) is 4.13. The number of carbonyl (C=O) groups excluding carboxylic acids is 3. The van der Waals surface area contributed by atoms with Crippen LogP contribution in [0.25, 0.3) is 0 Å². The first kappa shape index (κ1) is 26.7. The predicted octanol–water partition coefficient (Wildman–Crippen LogP) is 4.11. The quantitative estimate of drug-likeness (QED) is 0.324. The molecule has 0 bridgehead atoms. The van der Waals surface area contributed by atoms with Crippen molar-refractivity contribution >= 4 is 46.6 Å². The minimum absolute atomic E-state index is 0.00234. The van der Waals surface area contributed by atoms with Crippen molar-refractivity contribution in [1.82, 2.24) is 25.5 Å². The minimum Gasteiger partial charge on any atom is -0.349 e. The zero-order valence-electron chi connectivity index (χ0n) is 20.2. The first-order valence-corrected chi connectivity index (χ1v) is 12.8. The highest BCUT2D eigenvalue weighted by Crippen LogP contribution is 2.19. The topological polar surface area (TPSA) is 119 Å². The van der Waals surface area contributed by atoms with Crippen LogP contribution < -0.4 is 16.0 Å². The van der Waals surface area contributed by atoms with Gasteiger partial charge >= 0.3 is 0 Å². The van der Waals surface area contributed by atoms with Gasteiger partial charge < -0.3 is 25.8 Å². The highest BCUT2D eigenvalue weighted by molar-refractivity contribution is 6.34.